The molecule has 3 amide bonds. The topological polar surface area (TPSA) is 144 Å². The van der Waals surface area contributed by atoms with Crippen LogP contribution >= 0.6 is 23.2 Å². The van der Waals surface area contributed by atoms with Gasteiger partial charge in [-0.25, -0.2) is 4.79 Å². The van der Waals surface area contributed by atoms with E-state index in [1.807, 2.05) is 72.8 Å². The maximum Gasteiger partial charge on any atom is 0.404 e. The minimum atomic E-state index is -1.03. The quantitative estimate of drug-likeness (QED) is 0.140. The molecule has 7 rings (SSSR count). The smallest absolute Gasteiger partial charge is 0.404 e. The average Bonchev–Trinajstić information content (AvgIpc) is 3.60. The SMILES string of the molecule is O=C(O)NC1CCN(CCN2C(=O)COc3cc(-c4cccc(-c5cccc(-c6ccc7c(c6)OCC(=O)N7CCNCCO)c5Cl)c4Cl)ccc32)C1. The van der Waals surface area contributed by atoms with Gasteiger partial charge in [0.1, 0.15) is 11.5 Å². The molecule has 276 valence electrons. The molecule has 3 aliphatic heterocycles. The van der Waals surface area contributed by atoms with E-state index in [1.165, 1.54) is 0 Å². The van der Waals surface area contributed by atoms with E-state index in [1.54, 1.807) is 9.80 Å². The van der Waals surface area contributed by atoms with Crippen molar-refractivity contribution in [1.82, 2.24) is 15.5 Å². The summed E-state index contributed by atoms with van der Waals surface area (Å²) in [4.78, 5) is 42.2. The van der Waals surface area contributed by atoms with Crippen LogP contribution in [0.1, 0.15) is 6.42 Å². The van der Waals surface area contributed by atoms with Gasteiger partial charge in [0.15, 0.2) is 13.2 Å². The van der Waals surface area contributed by atoms with Gasteiger partial charge in [0, 0.05) is 74.1 Å². The predicted molar refractivity (Wildman–Crippen MR) is 204 cm³/mol. The number of likely N-dealkylation sites (tertiary alicyclic amines) is 1. The number of carboxylic acid groups (broad SMARTS) is 1. The van der Waals surface area contributed by atoms with Crippen LogP contribution in [0.5, 0.6) is 11.5 Å². The highest BCUT2D eigenvalue weighted by molar-refractivity contribution is 6.39. The van der Waals surface area contributed by atoms with Crippen LogP contribution in [0.4, 0.5) is 16.2 Å². The van der Waals surface area contributed by atoms with E-state index < -0.39 is 6.09 Å². The molecule has 1 atom stereocenters. The zero-order chi connectivity index (χ0) is 37.1. The molecule has 12 nitrogen and oxygen atoms in total. The number of anilines is 2. The Morgan fingerprint density at radius 3 is 1.85 bits per heavy atom. The first-order chi connectivity index (χ1) is 25.7. The number of nitrogens with zero attached hydrogens (tertiary/aromatic N) is 3. The summed E-state index contributed by atoms with van der Waals surface area (Å²) >= 11 is 14.3. The van der Waals surface area contributed by atoms with Gasteiger partial charge in [-0.05, 0) is 41.8 Å². The Hall–Kier alpha value is -4.85. The number of ether oxygens (including phenoxy) is 2. The molecule has 14 heteroatoms. The molecule has 0 saturated carbocycles. The van der Waals surface area contributed by atoms with Gasteiger partial charge in [0.05, 0.1) is 28.0 Å². The number of carbonyl (C=O) groups is 3. The van der Waals surface area contributed by atoms with Gasteiger partial charge in [-0.3, -0.25) is 14.5 Å². The zero-order valence-corrected chi connectivity index (χ0v) is 30.3. The van der Waals surface area contributed by atoms with Crippen LogP contribution in [0.15, 0.2) is 72.8 Å². The van der Waals surface area contributed by atoms with Crippen LogP contribution in [-0.2, 0) is 9.59 Å². The molecule has 4 aromatic rings. The summed E-state index contributed by atoms with van der Waals surface area (Å²) in [6.45, 7) is 3.73. The Bertz CT molecular complexity index is 2050. The van der Waals surface area contributed by atoms with Gasteiger partial charge in [-0.1, -0.05) is 71.7 Å². The number of hydrogen-bond acceptors (Lipinski definition) is 8. The van der Waals surface area contributed by atoms with Crippen molar-refractivity contribution in [3.05, 3.63) is 82.8 Å². The minimum Gasteiger partial charge on any atom is -0.482 e. The highest BCUT2D eigenvalue weighted by Crippen LogP contribution is 2.45. The van der Waals surface area contributed by atoms with Crippen molar-refractivity contribution in [3.8, 4) is 44.9 Å². The van der Waals surface area contributed by atoms with Gasteiger partial charge in [-0.15, -0.1) is 0 Å². The Morgan fingerprint density at radius 2 is 1.30 bits per heavy atom. The molecule has 1 fully saturated rings. The first-order valence-corrected chi connectivity index (χ1v) is 18.2. The first-order valence-electron chi connectivity index (χ1n) is 17.5. The zero-order valence-electron chi connectivity index (χ0n) is 28.8. The number of hydrogen-bond donors (Lipinski definition) is 4. The van der Waals surface area contributed by atoms with Crippen molar-refractivity contribution in [2.24, 2.45) is 0 Å². The summed E-state index contributed by atoms with van der Waals surface area (Å²) in [6.07, 6.45) is -0.295. The third-order valence-electron chi connectivity index (χ3n) is 9.76. The lowest BCUT2D eigenvalue weighted by Crippen LogP contribution is -2.43. The number of nitrogens with one attached hydrogen (secondary N) is 2. The summed E-state index contributed by atoms with van der Waals surface area (Å²) in [7, 11) is 0. The second-order valence-corrected chi connectivity index (χ2v) is 13.8. The highest BCUT2D eigenvalue weighted by atomic mass is 35.5. The maximum absolute atomic E-state index is 12.9. The summed E-state index contributed by atoms with van der Waals surface area (Å²) in [5.74, 6) is 0.888. The van der Waals surface area contributed by atoms with E-state index in [0.717, 1.165) is 46.3 Å². The maximum atomic E-state index is 12.9. The average molecular weight is 761 g/mol. The normalized spacial score (nSPS) is 16.9. The van der Waals surface area contributed by atoms with E-state index in [-0.39, 0.29) is 37.7 Å². The second kappa shape index (κ2) is 16.0. The number of carbonyl (C=O) groups excluding carboxylic acids is 2. The van der Waals surface area contributed by atoms with Crippen molar-refractivity contribution in [3.63, 3.8) is 0 Å². The number of halogens is 2. The molecule has 0 spiro atoms. The van der Waals surface area contributed by atoms with Crippen molar-refractivity contribution in [1.29, 1.82) is 0 Å². The van der Waals surface area contributed by atoms with Gasteiger partial charge < -0.3 is 40.1 Å². The molecule has 3 heterocycles. The van der Waals surface area contributed by atoms with E-state index in [2.05, 4.69) is 15.5 Å². The van der Waals surface area contributed by atoms with E-state index in [0.29, 0.717) is 72.2 Å². The molecule has 4 N–H and O–H groups in total. The van der Waals surface area contributed by atoms with Crippen LogP contribution in [0.2, 0.25) is 10.0 Å². The molecule has 1 saturated heterocycles. The van der Waals surface area contributed by atoms with Gasteiger partial charge >= 0.3 is 6.09 Å². The Balaban J connectivity index is 1.11. The standard InChI is InChI=1S/C39H39Cl2N5O7/c40-37-27(24-7-9-31-33(19-24)52-22-35(48)45(31)15-12-42-13-18-47)3-1-5-29(37)30-6-2-4-28(38(30)41)25-8-10-32-34(20-25)53-23-36(49)46(32)17-16-44-14-11-26(21-44)43-39(50)51/h1-10,19-20,26,42-43,47H,11-18,21-23H2,(H,50,51). The lowest BCUT2D eigenvalue weighted by molar-refractivity contribution is -0.122. The van der Waals surface area contributed by atoms with Crippen molar-refractivity contribution in [2.75, 3.05) is 75.4 Å². The monoisotopic (exact) mass is 759 g/mol. The molecule has 0 aromatic heterocycles. The van der Waals surface area contributed by atoms with Gasteiger partial charge in [-0.2, -0.15) is 0 Å². The third kappa shape index (κ3) is 7.78. The van der Waals surface area contributed by atoms with Crippen molar-refractivity contribution in [2.45, 2.75) is 12.5 Å². The van der Waals surface area contributed by atoms with Crippen LogP contribution in [-0.4, -0.2) is 105 Å². The predicted octanol–water partition coefficient (Wildman–Crippen LogP) is 5.37. The Kier molecular flexibility index (Phi) is 11.0. The van der Waals surface area contributed by atoms with Gasteiger partial charge in [0.2, 0.25) is 0 Å². The first kappa shape index (κ1) is 36.5. The number of amides is 3. The highest BCUT2D eigenvalue weighted by Gasteiger charge is 2.30. The molecule has 0 aliphatic carbocycles. The summed E-state index contributed by atoms with van der Waals surface area (Å²) < 4.78 is 11.7. The largest absolute Gasteiger partial charge is 0.482 e. The summed E-state index contributed by atoms with van der Waals surface area (Å²) in [5.41, 5.74) is 6.03. The fraction of sp³-hybridized carbons (Fsp3) is 0.308. The Morgan fingerprint density at radius 1 is 0.755 bits per heavy atom. The van der Waals surface area contributed by atoms with Crippen molar-refractivity contribution < 1.29 is 34.1 Å². The van der Waals surface area contributed by atoms with E-state index in [4.69, 9.17) is 42.9 Å². The fourth-order valence-corrected chi connectivity index (χ4v) is 7.80. The molecule has 0 radical (unpaired) electrons. The van der Waals surface area contributed by atoms with Crippen LogP contribution < -0.4 is 29.9 Å². The van der Waals surface area contributed by atoms with E-state index in [9.17, 15) is 14.4 Å². The Labute approximate surface area is 316 Å². The molecule has 0 bridgehead atoms. The molecule has 4 aromatic carbocycles. The molecular formula is C39H39Cl2N5O7. The number of aliphatic hydroxyl groups excluding tert-OH is 1. The van der Waals surface area contributed by atoms with E-state index >= 15 is 0 Å². The molecule has 3 aliphatic rings. The van der Waals surface area contributed by atoms with Crippen LogP contribution in [0.3, 0.4) is 0 Å². The molecule has 1 unspecified atom stereocenters. The lowest BCUT2D eigenvalue weighted by atomic mass is 9.95. The number of fused-ring (bicyclic) bond motifs is 2. The number of aliphatic hydroxyl groups is 1. The molecule has 53 heavy (non-hydrogen) atoms. The van der Waals surface area contributed by atoms with Crippen LogP contribution in [0, 0.1) is 0 Å². The summed E-state index contributed by atoms with van der Waals surface area (Å²) in [6, 6.07) is 22.8. The minimum absolute atomic E-state index is 0.0249. The molecular weight excluding hydrogens is 721 g/mol. The van der Waals surface area contributed by atoms with Gasteiger partial charge in [0.25, 0.3) is 11.8 Å². The van der Waals surface area contributed by atoms with Crippen LogP contribution in [0.25, 0.3) is 33.4 Å². The number of benzene rings is 4. The number of rotatable bonds is 12. The van der Waals surface area contributed by atoms with Crippen molar-refractivity contribution >= 4 is 52.5 Å². The second-order valence-electron chi connectivity index (χ2n) is 13.1. The fourth-order valence-electron chi connectivity index (χ4n) is 7.12. The third-order valence-corrected chi connectivity index (χ3v) is 10.6. The lowest BCUT2D eigenvalue weighted by Gasteiger charge is -2.31. The summed E-state index contributed by atoms with van der Waals surface area (Å²) in [5, 5.41) is 24.8.